The summed E-state index contributed by atoms with van der Waals surface area (Å²) >= 11 is 0. The molecule has 2 aromatic carbocycles. The summed E-state index contributed by atoms with van der Waals surface area (Å²) in [5.74, 6) is 0.416. The Morgan fingerprint density at radius 1 is 1.03 bits per heavy atom. The van der Waals surface area contributed by atoms with Gasteiger partial charge in [-0.25, -0.2) is 0 Å². The zero-order valence-corrected chi connectivity index (χ0v) is 20.2. The number of carbonyl (C=O) groups excluding carboxylic acids is 2. The molecule has 184 valence electrons. The molecule has 2 N–H and O–H groups in total. The first-order valence-electron chi connectivity index (χ1n) is 11.2. The van der Waals surface area contributed by atoms with E-state index in [1.807, 2.05) is 12.1 Å². The van der Waals surface area contributed by atoms with Crippen molar-refractivity contribution in [2.75, 3.05) is 47.6 Å². The largest absolute Gasteiger partial charge is 0.493 e. The molecule has 0 radical (unpaired) electrons. The lowest BCUT2D eigenvalue weighted by Gasteiger charge is -2.31. The topological polar surface area (TPSA) is 98.4 Å². The van der Waals surface area contributed by atoms with E-state index >= 15 is 0 Å². The van der Waals surface area contributed by atoms with Gasteiger partial charge in [0, 0.05) is 31.7 Å². The molecule has 0 aromatic heterocycles. The Morgan fingerprint density at radius 2 is 1.74 bits per heavy atom. The van der Waals surface area contributed by atoms with Crippen LogP contribution in [0.1, 0.15) is 28.4 Å². The minimum atomic E-state index is -0.420. The number of hydrogen-bond acceptors (Lipinski definition) is 7. The van der Waals surface area contributed by atoms with E-state index in [1.165, 1.54) is 39.0 Å². The highest BCUT2D eigenvalue weighted by atomic mass is 16.5. The number of methoxy groups -OCH3 is 3. The first-order chi connectivity index (χ1) is 16.4. The van der Waals surface area contributed by atoms with E-state index in [1.54, 1.807) is 0 Å². The van der Waals surface area contributed by atoms with Crippen molar-refractivity contribution in [1.82, 2.24) is 15.5 Å². The van der Waals surface area contributed by atoms with Gasteiger partial charge in [0.25, 0.3) is 5.91 Å². The molecule has 2 amide bonds. The van der Waals surface area contributed by atoms with Gasteiger partial charge in [-0.1, -0.05) is 24.3 Å². The van der Waals surface area contributed by atoms with E-state index in [2.05, 4.69) is 34.6 Å². The van der Waals surface area contributed by atoms with Crippen LogP contribution in [0.5, 0.6) is 17.2 Å². The molecule has 1 aliphatic heterocycles. The Labute approximate surface area is 200 Å². The summed E-state index contributed by atoms with van der Waals surface area (Å²) < 4.78 is 21.4. The van der Waals surface area contributed by atoms with Crippen molar-refractivity contribution >= 4 is 11.8 Å². The van der Waals surface area contributed by atoms with E-state index in [9.17, 15) is 9.59 Å². The normalized spacial score (nSPS) is 15.9. The molecule has 1 aliphatic rings. The summed E-state index contributed by atoms with van der Waals surface area (Å²) in [5.41, 5.74) is 2.49. The molecule has 0 bridgehead atoms. The van der Waals surface area contributed by atoms with Gasteiger partial charge in [0.1, 0.15) is 0 Å². The van der Waals surface area contributed by atoms with Gasteiger partial charge in [0.15, 0.2) is 11.5 Å². The third-order valence-electron chi connectivity index (χ3n) is 5.55. The molecule has 1 saturated heterocycles. The molecule has 1 unspecified atom stereocenters. The first kappa shape index (κ1) is 25.3. The highest BCUT2D eigenvalue weighted by Gasteiger charge is 2.18. The van der Waals surface area contributed by atoms with Crippen molar-refractivity contribution in [3.05, 3.63) is 53.1 Å². The molecule has 0 spiro atoms. The average molecular weight is 472 g/mol. The van der Waals surface area contributed by atoms with Crippen molar-refractivity contribution in [2.45, 2.75) is 26.1 Å². The number of morpholine rings is 1. The maximum atomic E-state index is 12.6. The number of carbonyl (C=O) groups is 2. The Kier molecular flexibility index (Phi) is 9.12. The van der Waals surface area contributed by atoms with E-state index in [0.717, 1.165) is 31.8 Å². The summed E-state index contributed by atoms with van der Waals surface area (Å²) in [6, 6.07) is 11.2. The zero-order chi connectivity index (χ0) is 24.5. The number of amides is 2. The maximum Gasteiger partial charge on any atom is 0.251 e. The number of benzene rings is 2. The predicted molar refractivity (Wildman–Crippen MR) is 127 cm³/mol. The smallest absolute Gasteiger partial charge is 0.251 e. The summed E-state index contributed by atoms with van der Waals surface area (Å²) in [5, 5.41) is 5.47. The lowest BCUT2D eigenvalue weighted by molar-refractivity contribution is -0.120. The van der Waals surface area contributed by atoms with Gasteiger partial charge in [-0.3, -0.25) is 14.5 Å². The third-order valence-corrected chi connectivity index (χ3v) is 5.55. The Morgan fingerprint density at radius 3 is 2.38 bits per heavy atom. The highest BCUT2D eigenvalue weighted by Crippen LogP contribution is 2.38. The molecular weight excluding hydrogens is 438 g/mol. The fourth-order valence-electron chi connectivity index (χ4n) is 3.87. The van der Waals surface area contributed by atoms with Gasteiger partial charge in [0.05, 0.1) is 40.6 Å². The second kappa shape index (κ2) is 12.2. The number of nitrogens with zero attached hydrogens (tertiary/aromatic N) is 1. The maximum absolute atomic E-state index is 12.6. The van der Waals surface area contributed by atoms with Gasteiger partial charge in [-0.2, -0.15) is 0 Å². The van der Waals surface area contributed by atoms with Crippen molar-refractivity contribution in [1.29, 1.82) is 0 Å². The van der Waals surface area contributed by atoms with Gasteiger partial charge in [0.2, 0.25) is 11.7 Å². The quantitative estimate of drug-likeness (QED) is 0.547. The van der Waals surface area contributed by atoms with Crippen LogP contribution in [0.2, 0.25) is 0 Å². The van der Waals surface area contributed by atoms with Crippen LogP contribution in [-0.2, 0) is 22.6 Å². The number of hydrogen-bond donors (Lipinski definition) is 2. The van der Waals surface area contributed by atoms with Gasteiger partial charge in [-0.15, -0.1) is 0 Å². The van der Waals surface area contributed by atoms with Gasteiger partial charge < -0.3 is 29.6 Å². The average Bonchev–Trinajstić information content (AvgIpc) is 2.85. The minimum Gasteiger partial charge on any atom is -0.493 e. The molecule has 3 rings (SSSR count). The van der Waals surface area contributed by atoms with Crippen LogP contribution in [0.25, 0.3) is 0 Å². The van der Waals surface area contributed by atoms with E-state index in [0.29, 0.717) is 29.4 Å². The van der Waals surface area contributed by atoms with Gasteiger partial charge in [-0.05, 0) is 30.2 Å². The standard InChI is InChI=1S/C25H33N3O6/c1-17-15-28(8-9-34-17)16-19-7-5-6-18(10-19)13-26-23(29)14-27-25(30)20-11-21(31-2)24(33-4)22(12-20)32-3/h5-7,10-12,17H,8-9,13-16H2,1-4H3,(H,26,29)(H,27,30). The van der Waals surface area contributed by atoms with E-state index in [-0.39, 0.29) is 18.6 Å². The molecule has 0 saturated carbocycles. The minimum absolute atomic E-state index is 0.152. The summed E-state index contributed by atoms with van der Waals surface area (Å²) in [6.45, 7) is 5.73. The fraction of sp³-hybridized carbons (Fsp3) is 0.440. The van der Waals surface area contributed by atoms with Crippen molar-refractivity contribution < 1.29 is 28.5 Å². The fourth-order valence-corrected chi connectivity index (χ4v) is 3.87. The van der Waals surface area contributed by atoms with Crippen LogP contribution < -0.4 is 24.8 Å². The molecule has 1 heterocycles. The Bertz CT molecular complexity index is 971. The van der Waals surface area contributed by atoms with Crippen LogP contribution in [0, 0.1) is 0 Å². The molecule has 1 fully saturated rings. The second-order valence-corrected chi connectivity index (χ2v) is 8.11. The lowest BCUT2D eigenvalue weighted by atomic mass is 10.1. The number of ether oxygens (including phenoxy) is 4. The molecule has 2 aromatic rings. The molecular formula is C25H33N3O6. The first-order valence-corrected chi connectivity index (χ1v) is 11.2. The van der Waals surface area contributed by atoms with E-state index in [4.69, 9.17) is 18.9 Å². The Balaban J connectivity index is 1.50. The van der Waals surface area contributed by atoms with E-state index < -0.39 is 5.91 Å². The molecule has 1 atom stereocenters. The molecule has 9 nitrogen and oxygen atoms in total. The molecule has 0 aliphatic carbocycles. The number of nitrogens with one attached hydrogen (secondary N) is 2. The third kappa shape index (κ3) is 6.85. The highest BCUT2D eigenvalue weighted by molar-refractivity contribution is 5.97. The molecule has 34 heavy (non-hydrogen) atoms. The van der Waals surface area contributed by atoms with Crippen LogP contribution in [0.4, 0.5) is 0 Å². The summed E-state index contributed by atoms with van der Waals surface area (Å²) in [6.07, 6.45) is 0.242. The SMILES string of the molecule is COc1cc(C(=O)NCC(=O)NCc2cccc(CN3CCOC(C)C3)c2)cc(OC)c1OC. The summed E-state index contributed by atoms with van der Waals surface area (Å²) in [7, 11) is 4.44. The zero-order valence-electron chi connectivity index (χ0n) is 20.2. The van der Waals surface area contributed by atoms with Crippen LogP contribution >= 0.6 is 0 Å². The monoisotopic (exact) mass is 471 g/mol. The van der Waals surface area contributed by atoms with Crippen molar-refractivity contribution in [3.63, 3.8) is 0 Å². The lowest BCUT2D eigenvalue weighted by Crippen LogP contribution is -2.40. The van der Waals surface area contributed by atoms with Crippen LogP contribution in [-0.4, -0.2) is 70.4 Å². The van der Waals surface area contributed by atoms with Crippen molar-refractivity contribution in [3.8, 4) is 17.2 Å². The second-order valence-electron chi connectivity index (χ2n) is 8.11. The van der Waals surface area contributed by atoms with Crippen LogP contribution in [0.15, 0.2) is 36.4 Å². The van der Waals surface area contributed by atoms with Crippen molar-refractivity contribution in [2.24, 2.45) is 0 Å². The van der Waals surface area contributed by atoms with Gasteiger partial charge >= 0.3 is 0 Å². The van der Waals surface area contributed by atoms with Crippen LogP contribution in [0.3, 0.4) is 0 Å². The molecule has 9 heteroatoms. The number of rotatable bonds is 10. The Hall–Kier alpha value is -3.30. The predicted octanol–water partition coefficient (Wildman–Crippen LogP) is 1.98. The summed E-state index contributed by atoms with van der Waals surface area (Å²) in [4.78, 5) is 27.2.